The Labute approximate surface area is 231 Å². The van der Waals surface area contributed by atoms with Crippen molar-refractivity contribution in [2.75, 3.05) is 6.61 Å². The Bertz CT molecular complexity index is 1450. The molecule has 2 heterocycles. The van der Waals surface area contributed by atoms with Crippen molar-refractivity contribution >= 4 is 40.4 Å². The molecular weight excluding hydrogens is 522 g/mol. The first-order valence-corrected chi connectivity index (χ1v) is 13.5. The smallest absolute Gasteiger partial charge is 0.329 e. The quantitative estimate of drug-likeness (QED) is 0.231. The number of hydrogen-bond acceptors (Lipinski definition) is 6. The third-order valence-electron chi connectivity index (χ3n) is 7.09. The summed E-state index contributed by atoms with van der Waals surface area (Å²) < 4.78 is 8.82. The molecule has 3 amide bonds. The Morgan fingerprint density at radius 1 is 1.15 bits per heavy atom. The highest BCUT2D eigenvalue weighted by Gasteiger charge is 2.31. The predicted octanol–water partition coefficient (Wildman–Crippen LogP) is 2.51. The molecule has 0 saturated carbocycles. The second-order valence-electron chi connectivity index (χ2n) is 10.0. The molecule has 1 aliphatic heterocycles. The van der Waals surface area contributed by atoms with E-state index in [0.717, 1.165) is 42.3 Å². The van der Waals surface area contributed by atoms with E-state index in [4.69, 9.17) is 27.8 Å². The maximum atomic E-state index is 13.0. The second kappa shape index (κ2) is 12.5. The van der Waals surface area contributed by atoms with E-state index in [1.807, 2.05) is 30.3 Å². The standard InChI is InChI=1S/C28H34ClN5O5/c1-33-22-15-17(9-11-20(22)34(28(33)38)21-12-14-25(36)32-27(21)37)5-2-3-6-18-7-4-8-23(26(18)29)39-16-19(30)10-13-24(31)35/h4,7-9,11,15,19,21H,2-3,5-6,10,12-14,16,30H2,1H3,(H2,31,35)(H,32,36,37). The minimum Gasteiger partial charge on any atom is -0.490 e. The molecule has 0 radical (unpaired) electrons. The number of primary amides is 1. The number of benzene rings is 2. The number of ether oxygens (including phenoxy) is 1. The topological polar surface area (TPSA) is 151 Å². The predicted molar refractivity (Wildman–Crippen MR) is 149 cm³/mol. The molecule has 2 aromatic carbocycles. The second-order valence-corrected chi connectivity index (χ2v) is 10.4. The number of imide groups is 1. The number of nitrogens with zero attached hydrogens (tertiary/aromatic N) is 2. The Hall–Kier alpha value is -3.63. The van der Waals surface area contributed by atoms with Crippen molar-refractivity contribution in [3.63, 3.8) is 0 Å². The number of nitrogens with two attached hydrogens (primary N) is 2. The van der Waals surface area contributed by atoms with E-state index in [1.165, 1.54) is 4.57 Å². The molecule has 11 heteroatoms. The molecule has 5 N–H and O–H groups in total. The Morgan fingerprint density at radius 3 is 2.67 bits per heavy atom. The summed E-state index contributed by atoms with van der Waals surface area (Å²) in [4.78, 5) is 47.8. The van der Waals surface area contributed by atoms with Crippen molar-refractivity contribution in [3.05, 3.63) is 63.0 Å². The molecule has 1 aromatic heterocycles. The number of carbonyl (C=O) groups excluding carboxylic acids is 3. The number of nitrogens with one attached hydrogen (secondary N) is 1. The van der Waals surface area contributed by atoms with Crippen LogP contribution in [0, 0.1) is 0 Å². The first-order chi connectivity index (χ1) is 18.7. The Kier molecular flexibility index (Phi) is 9.08. The van der Waals surface area contributed by atoms with Gasteiger partial charge in [-0.1, -0.05) is 29.8 Å². The number of hydrogen-bond donors (Lipinski definition) is 3. The lowest BCUT2D eigenvalue weighted by molar-refractivity contribution is -0.135. The van der Waals surface area contributed by atoms with Crippen LogP contribution < -0.4 is 27.2 Å². The SMILES string of the molecule is Cn1c(=O)n(C2CCC(=O)NC2=O)c2ccc(CCCCc3cccc(OCC(N)CCC(N)=O)c3Cl)cc21. The van der Waals surface area contributed by atoms with Crippen LogP contribution in [0.15, 0.2) is 41.2 Å². The Morgan fingerprint density at radius 2 is 1.92 bits per heavy atom. The van der Waals surface area contributed by atoms with Crippen LogP contribution >= 0.6 is 11.6 Å². The van der Waals surface area contributed by atoms with Gasteiger partial charge in [0.2, 0.25) is 17.7 Å². The first kappa shape index (κ1) is 28.4. The lowest BCUT2D eigenvalue weighted by atomic mass is 10.0. The van der Waals surface area contributed by atoms with E-state index < -0.39 is 11.9 Å². The van der Waals surface area contributed by atoms with Crippen molar-refractivity contribution in [2.24, 2.45) is 18.5 Å². The summed E-state index contributed by atoms with van der Waals surface area (Å²) in [7, 11) is 1.69. The van der Waals surface area contributed by atoms with Gasteiger partial charge in [0.05, 0.1) is 16.1 Å². The summed E-state index contributed by atoms with van der Waals surface area (Å²) >= 11 is 6.58. The number of carbonyl (C=O) groups is 3. The van der Waals surface area contributed by atoms with Gasteiger partial charge in [-0.15, -0.1) is 0 Å². The normalized spacial score (nSPS) is 16.3. The number of amides is 3. The van der Waals surface area contributed by atoms with Gasteiger partial charge in [-0.2, -0.15) is 0 Å². The van der Waals surface area contributed by atoms with Gasteiger partial charge < -0.3 is 16.2 Å². The molecule has 2 atom stereocenters. The lowest BCUT2D eigenvalue weighted by Gasteiger charge is -2.21. The number of piperidine rings is 1. The molecular formula is C28H34ClN5O5. The number of aryl methyl sites for hydroxylation is 3. The molecule has 1 fully saturated rings. The van der Waals surface area contributed by atoms with Crippen LogP contribution in [0.3, 0.4) is 0 Å². The fourth-order valence-electron chi connectivity index (χ4n) is 4.91. The average Bonchev–Trinajstić information content (AvgIpc) is 3.14. The highest BCUT2D eigenvalue weighted by Crippen LogP contribution is 2.30. The molecule has 4 rings (SSSR count). The molecule has 39 heavy (non-hydrogen) atoms. The molecule has 0 aliphatic carbocycles. The van der Waals surface area contributed by atoms with Crippen LogP contribution in [-0.2, 0) is 34.3 Å². The van der Waals surface area contributed by atoms with Crippen molar-refractivity contribution in [2.45, 2.75) is 63.5 Å². The minimum absolute atomic E-state index is 0.209. The van der Waals surface area contributed by atoms with Gasteiger partial charge in [-0.25, -0.2) is 4.79 Å². The summed E-state index contributed by atoms with van der Waals surface area (Å²) in [6.07, 6.45) is 4.58. The van der Waals surface area contributed by atoms with E-state index in [0.29, 0.717) is 29.1 Å². The number of rotatable bonds is 12. The van der Waals surface area contributed by atoms with Crippen molar-refractivity contribution in [1.29, 1.82) is 0 Å². The lowest BCUT2D eigenvalue weighted by Crippen LogP contribution is -2.44. The van der Waals surface area contributed by atoms with Gasteiger partial charge in [-0.3, -0.25) is 28.8 Å². The van der Waals surface area contributed by atoms with Gasteiger partial charge >= 0.3 is 5.69 Å². The fraction of sp³-hybridized carbons (Fsp3) is 0.429. The molecule has 1 aliphatic rings. The van der Waals surface area contributed by atoms with Crippen LogP contribution in [0.5, 0.6) is 5.75 Å². The van der Waals surface area contributed by atoms with Gasteiger partial charge in [0, 0.05) is 25.9 Å². The van der Waals surface area contributed by atoms with Crippen LogP contribution in [-0.4, -0.2) is 39.5 Å². The van der Waals surface area contributed by atoms with Gasteiger partial charge in [0.1, 0.15) is 18.4 Å². The van der Waals surface area contributed by atoms with Crippen molar-refractivity contribution in [1.82, 2.24) is 14.5 Å². The number of fused-ring (bicyclic) bond motifs is 1. The summed E-state index contributed by atoms with van der Waals surface area (Å²) in [6, 6.07) is 10.5. The van der Waals surface area contributed by atoms with Crippen LogP contribution in [0.1, 0.15) is 55.7 Å². The van der Waals surface area contributed by atoms with Gasteiger partial charge in [0.15, 0.2) is 0 Å². The third kappa shape index (κ3) is 6.69. The summed E-state index contributed by atoms with van der Waals surface area (Å²) in [6.45, 7) is 0.243. The zero-order valence-electron chi connectivity index (χ0n) is 22.0. The summed E-state index contributed by atoms with van der Waals surface area (Å²) in [5, 5.41) is 2.89. The van der Waals surface area contributed by atoms with Crippen molar-refractivity contribution < 1.29 is 19.1 Å². The third-order valence-corrected chi connectivity index (χ3v) is 7.52. The molecule has 10 nitrogen and oxygen atoms in total. The van der Waals surface area contributed by atoms with Crippen LogP contribution in [0.4, 0.5) is 0 Å². The highest BCUT2D eigenvalue weighted by molar-refractivity contribution is 6.32. The zero-order chi connectivity index (χ0) is 28.1. The van der Waals surface area contributed by atoms with Crippen molar-refractivity contribution in [3.8, 4) is 5.75 Å². The largest absolute Gasteiger partial charge is 0.490 e. The van der Waals surface area contributed by atoms with E-state index >= 15 is 0 Å². The van der Waals surface area contributed by atoms with Crippen LogP contribution in [0.25, 0.3) is 11.0 Å². The number of aromatic nitrogens is 2. The first-order valence-electron chi connectivity index (χ1n) is 13.1. The van der Waals surface area contributed by atoms with Crippen LogP contribution in [0.2, 0.25) is 5.02 Å². The number of unbranched alkanes of at least 4 members (excludes halogenated alkanes) is 1. The number of halogens is 1. The van der Waals surface area contributed by atoms with E-state index in [9.17, 15) is 19.2 Å². The molecule has 208 valence electrons. The number of imidazole rings is 1. The maximum Gasteiger partial charge on any atom is 0.329 e. The fourth-order valence-corrected chi connectivity index (χ4v) is 5.18. The molecule has 0 bridgehead atoms. The van der Waals surface area contributed by atoms with Gasteiger partial charge in [-0.05, 0) is 67.9 Å². The molecule has 2 unspecified atom stereocenters. The molecule has 3 aromatic rings. The van der Waals surface area contributed by atoms with E-state index in [1.54, 1.807) is 17.7 Å². The zero-order valence-corrected chi connectivity index (χ0v) is 22.7. The monoisotopic (exact) mass is 555 g/mol. The molecule has 1 saturated heterocycles. The summed E-state index contributed by atoms with van der Waals surface area (Å²) in [5.41, 5.74) is 14.4. The molecule has 0 spiro atoms. The summed E-state index contributed by atoms with van der Waals surface area (Å²) in [5.74, 6) is -0.576. The minimum atomic E-state index is -0.694. The average molecular weight is 556 g/mol. The van der Waals surface area contributed by atoms with Gasteiger partial charge in [0.25, 0.3) is 0 Å². The van der Waals surface area contributed by atoms with E-state index in [-0.39, 0.29) is 43.0 Å². The maximum absolute atomic E-state index is 13.0. The highest BCUT2D eigenvalue weighted by atomic mass is 35.5. The van der Waals surface area contributed by atoms with E-state index in [2.05, 4.69) is 5.32 Å². The Balaban J connectivity index is 1.35.